The molecule has 162 valence electrons. The van der Waals surface area contributed by atoms with Crippen molar-refractivity contribution in [3.8, 4) is 5.69 Å². The van der Waals surface area contributed by atoms with Gasteiger partial charge in [-0.25, -0.2) is 9.67 Å². The first-order valence-electron chi connectivity index (χ1n) is 10.6. The van der Waals surface area contributed by atoms with Crippen molar-refractivity contribution in [3.05, 3.63) is 76.2 Å². The second-order valence-electron chi connectivity index (χ2n) is 7.97. The summed E-state index contributed by atoms with van der Waals surface area (Å²) in [6.07, 6.45) is 2.73. The van der Waals surface area contributed by atoms with Gasteiger partial charge < -0.3 is 5.32 Å². The monoisotopic (exact) mass is 445 g/mol. The number of amides is 1. The van der Waals surface area contributed by atoms with Crippen molar-refractivity contribution in [2.24, 2.45) is 0 Å². The maximum absolute atomic E-state index is 13.3. The Balaban J connectivity index is 1.41. The summed E-state index contributed by atoms with van der Waals surface area (Å²) in [6.45, 7) is 4.12. The van der Waals surface area contributed by atoms with Crippen LogP contribution in [-0.4, -0.2) is 31.0 Å². The fourth-order valence-electron chi connectivity index (χ4n) is 3.91. The Labute approximate surface area is 189 Å². The molecule has 8 heteroatoms. The van der Waals surface area contributed by atoms with Gasteiger partial charge in [-0.2, -0.15) is 5.10 Å². The highest BCUT2D eigenvalue weighted by molar-refractivity contribution is 7.99. The molecule has 0 saturated carbocycles. The summed E-state index contributed by atoms with van der Waals surface area (Å²) in [4.78, 5) is 30.6. The molecule has 3 heterocycles. The number of rotatable bonds is 5. The topological polar surface area (TPSA) is 81.8 Å². The van der Waals surface area contributed by atoms with Gasteiger partial charge in [0.25, 0.3) is 5.56 Å². The highest BCUT2D eigenvalue weighted by Gasteiger charge is 2.29. The largest absolute Gasteiger partial charge is 0.326 e. The lowest BCUT2D eigenvalue weighted by Gasteiger charge is -2.13. The molecule has 1 unspecified atom stereocenters. The maximum atomic E-state index is 13.3. The van der Waals surface area contributed by atoms with E-state index in [1.807, 2.05) is 55.5 Å². The second kappa shape index (κ2) is 8.27. The Bertz CT molecular complexity index is 1360. The van der Waals surface area contributed by atoms with E-state index in [0.717, 1.165) is 23.4 Å². The molecule has 1 atom stereocenters. The first kappa shape index (κ1) is 20.5. The van der Waals surface area contributed by atoms with E-state index in [0.29, 0.717) is 21.9 Å². The zero-order valence-corrected chi connectivity index (χ0v) is 18.7. The van der Waals surface area contributed by atoms with Gasteiger partial charge in [0.05, 0.1) is 17.9 Å². The minimum atomic E-state index is -0.239. The number of aryl methyl sites for hydroxylation is 2. The van der Waals surface area contributed by atoms with Crippen molar-refractivity contribution in [1.82, 2.24) is 19.3 Å². The molecule has 1 amide bonds. The van der Waals surface area contributed by atoms with E-state index in [2.05, 4.69) is 17.3 Å². The number of carbonyl (C=O) groups is 1. The number of thioether (sulfide) groups is 1. The molecule has 0 radical (unpaired) electrons. The Morgan fingerprint density at radius 2 is 1.91 bits per heavy atom. The van der Waals surface area contributed by atoms with E-state index in [1.54, 1.807) is 15.4 Å². The molecule has 0 saturated heterocycles. The normalized spacial score (nSPS) is 15.1. The van der Waals surface area contributed by atoms with Gasteiger partial charge in [-0.1, -0.05) is 48.5 Å². The predicted molar refractivity (Wildman–Crippen MR) is 127 cm³/mol. The summed E-state index contributed by atoms with van der Waals surface area (Å²) in [7, 11) is 0. The molecule has 0 bridgehead atoms. The fraction of sp³-hybridized carbons (Fsp3) is 0.250. The number of aromatic nitrogens is 4. The summed E-state index contributed by atoms with van der Waals surface area (Å²) in [6, 6.07) is 15.5. The lowest BCUT2D eigenvalue weighted by Crippen LogP contribution is -2.27. The molecular formula is C24H23N5O2S. The summed E-state index contributed by atoms with van der Waals surface area (Å²) < 4.78 is 3.34. The summed E-state index contributed by atoms with van der Waals surface area (Å²) in [5.41, 5.74) is 4.38. The number of nitrogens with zero attached hydrogens (tertiary/aromatic N) is 4. The van der Waals surface area contributed by atoms with Crippen LogP contribution in [0.15, 0.2) is 64.7 Å². The van der Waals surface area contributed by atoms with Crippen LogP contribution in [0.5, 0.6) is 0 Å². The molecule has 1 aliphatic heterocycles. The lowest BCUT2D eigenvalue weighted by molar-refractivity contribution is -0.116. The maximum Gasteiger partial charge on any atom is 0.265 e. The summed E-state index contributed by atoms with van der Waals surface area (Å²) in [5, 5.41) is 8.42. The van der Waals surface area contributed by atoms with Gasteiger partial charge in [-0.05, 0) is 43.2 Å². The molecule has 2 aromatic heterocycles. The van der Waals surface area contributed by atoms with Gasteiger partial charge in [-0.3, -0.25) is 14.2 Å². The molecular weight excluding hydrogens is 422 g/mol. The molecule has 1 aliphatic rings. The highest BCUT2D eigenvalue weighted by Crippen LogP contribution is 2.33. The zero-order valence-electron chi connectivity index (χ0n) is 17.9. The van der Waals surface area contributed by atoms with Gasteiger partial charge in [0.1, 0.15) is 5.39 Å². The van der Waals surface area contributed by atoms with E-state index >= 15 is 0 Å². The van der Waals surface area contributed by atoms with Crippen molar-refractivity contribution in [3.63, 3.8) is 0 Å². The van der Waals surface area contributed by atoms with Crippen LogP contribution < -0.4 is 10.9 Å². The summed E-state index contributed by atoms with van der Waals surface area (Å²) in [5.74, 6) is 0.518. The number of carbonyl (C=O) groups excluding carboxylic acids is 1. The number of anilines is 1. The zero-order chi connectivity index (χ0) is 22.2. The number of nitrogens with one attached hydrogen (secondary N) is 1. The number of hydrogen-bond acceptors (Lipinski definition) is 5. The van der Waals surface area contributed by atoms with Crippen LogP contribution in [-0.2, 0) is 11.2 Å². The first-order chi connectivity index (χ1) is 15.5. The third-order valence-corrected chi connectivity index (χ3v) is 6.81. The van der Waals surface area contributed by atoms with Crippen LogP contribution in [0.3, 0.4) is 0 Å². The van der Waals surface area contributed by atoms with E-state index in [-0.39, 0.29) is 23.9 Å². The van der Waals surface area contributed by atoms with Gasteiger partial charge in [0, 0.05) is 17.9 Å². The molecule has 0 spiro atoms. The van der Waals surface area contributed by atoms with Gasteiger partial charge in [0.2, 0.25) is 5.91 Å². The average molecular weight is 446 g/mol. The predicted octanol–water partition coefficient (Wildman–Crippen LogP) is 4.13. The van der Waals surface area contributed by atoms with Crippen LogP contribution >= 0.6 is 11.8 Å². The minimum Gasteiger partial charge on any atom is -0.326 e. The highest BCUT2D eigenvalue weighted by atomic mass is 32.2. The Kier molecular flexibility index (Phi) is 5.30. The average Bonchev–Trinajstić information content (AvgIpc) is 3.40. The first-order valence-corrected chi connectivity index (χ1v) is 11.6. The number of fused-ring (bicyclic) bond motifs is 2. The van der Waals surface area contributed by atoms with E-state index in [9.17, 15) is 9.59 Å². The summed E-state index contributed by atoms with van der Waals surface area (Å²) >= 11 is 1.50. The molecule has 0 fully saturated rings. The number of benzene rings is 2. The molecule has 4 aromatic rings. The van der Waals surface area contributed by atoms with Crippen LogP contribution in [0.25, 0.3) is 16.7 Å². The van der Waals surface area contributed by atoms with Gasteiger partial charge in [0.15, 0.2) is 10.8 Å². The quantitative estimate of drug-likeness (QED) is 0.467. The molecule has 1 N–H and O–H groups in total. The molecule has 32 heavy (non-hydrogen) atoms. The Morgan fingerprint density at radius 3 is 2.62 bits per heavy atom. The van der Waals surface area contributed by atoms with Crippen molar-refractivity contribution in [2.75, 3.05) is 11.1 Å². The fourth-order valence-corrected chi connectivity index (χ4v) is 5.04. The van der Waals surface area contributed by atoms with Crippen molar-refractivity contribution in [1.29, 1.82) is 0 Å². The van der Waals surface area contributed by atoms with Crippen LogP contribution in [0.4, 0.5) is 5.69 Å². The minimum absolute atomic E-state index is 0.116. The van der Waals surface area contributed by atoms with Crippen LogP contribution in [0.2, 0.25) is 0 Å². The Morgan fingerprint density at radius 1 is 1.16 bits per heavy atom. The third kappa shape index (κ3) is 3.71. The standard InChI is InChI=1S/C24H23N5O2S/c1-3-16-6-8-17(9-7-16)26-21(30)12-19-14-32-24-27-22-20(23(31)28(19)24)13-25-29(22)18-10-4-15(2)5-11-18/h4-11,13,19H,3,12,14H2,1-2H3,(H,26,30). The molecule has 0 aliphatic carbocycles. The van der Waals surface area contributed by atoms with Crippen LogP contribution in [0, 0.1) is 6.92 Å². The molecule has 5 rings (SSSR count). The van der Waals surface area contributed by atoms with E-state index < -0.39 is 0 Å². The number of hydrogen-bond donors (Lipinski definition) is 1. The lowest BCUT2D eigenvalue weighted by atomic mass is 10.1. The second-order valence-corrected chi connectivity index (χ2v) is 8.95. The SMILES string of the molecule is CCc1ccc(NC(=O)CC2CSc3nc4c(cnn4-c4ccc(C)cc4)c(=O)n32)cc1. The van der Waals surface area contributed by atoms with Crippen molar-refractivity contribution >= 4 is 34.4 Å². The molecule has 2 aromatic carbocycles. The van der Waals surface area contributed by atoms with Crippen molar-refractivity contribution in [2.45, 2.75) is 37.9 Å². The van der Waals surface area contributed by atoms with Gasteiger partial charge in [-0.15, -0.1) is 0 Å². The Hall–Kier alpha value is -3.39. The van der Waals surface area contributed by atoms with Crippen molar-refractivity contribution < 1.29 is 4.79 Å². The third-order valence-electron chi connectivity index (χ3n) is 5.72. The smallest absolute Gasteiger partial charge is 0.265 e. The molecule has 7 nitrogen and oxygen atoms in total. The van der Waals surface area contributed by atoms with Gasteiger partial charge >= 0.3 is 0 Å². The van der Waals surface area contributed by atoms with Crippen LogP contribution in [0.1, 0.15) is 30.5 Å². The van der Waals surface area contributed by atoms with E-state index in [4.69, 9.17) is 4.98 Å². The van der Waals surface area contributed by atoms with E-state index in [1.165, 1.54) is 17.3 Å².